The van der Waals surface area contributed by atoms with Crippen LogP contribution in [0.25, 0.3) is 11.0 Å². The molecule has 20 heavy (non-hydrogen) atoms. The molecule has 0 aliphatic carbocycles. The first-order valence-corrected chi connectivity index (χ1v) is 6.53. The molecule has 0 radical (unpaired) electrons. The van der Waals surface area contributed by atoms with Crippen molar-refractivity contribution in [1.29, 1.82) is 0 Å². The van der Waals surface area contributed by atoms with Gasteiger partial charge in [-0.15, -0.1) is 0 Å². The molecule has 0 amide bonds. The van der Waals surface area contributed by atoms with Gasteiger partial charge in [-0.05, 0) is 37.3 Å². The van der Waals surface area contributed by atoms with Crippen molar-refractivity contribution in [2.24, 2.45) is 0 Å². The first-order chi connectivity index (χ1) is 9.48. The minimum absolute atomic E-state index is 0.325. The average Bonchev–Trinajstić information content (AvgIpc) is 2.82. The van der Waals surface area contributed by atoms with Crippen LogP contribution in [0.3, 0.4) is 0 Å². The summed E-state index contributed by atoms with van der Waals surface area (Å²) in [5.41, 5.74) is -0.316. The minimum atomic E-state index is -1.38. The predicted octanol–water partition coefficient (Wildman–Crippen LogP) is 4.48. The van der Waals surface area contributed by atoms with E-state index >= 15 is 0 Å². The first kappa shape index (κ1) is 13.2. The highest BCUT2D eigenvalue weighted by molar-refractivity contribution is 6.31. The second-order valence-electron chi connectivity index (χ2n) is 4.84. The van der Waals surface area contributed by atoms with Crippen molar-refractivity contribution in [2.75, 3.05) is 0 Å². The van der Waals surface area contributed by atoms with Gasteiger partial charge in [-0.3, -0.25) is 0 Å². The lowest BCUT2D eigenvalue weighted by Crippen LogP contribution is -2.22. The Morgan fingerprint density at radius 1 is 1.15 bits per heavy atom. The van der Waals surface area contributed by atoms with E-state index in [0.29, 0.717) is 27.3 Å². The summed E-state index contributed by atoms with van der Waals surface area (Å²) in [4.78, 5) is 0. The topological polar surface area (TPSA) is 33.4 Å². The highest BCUT2D eigenvalue weighted by Gasteiger charge is 2.31. The van der Waals surface area contributed by atoms with Crippen molar-refractivity contribution in [2.45, 2.75) is 12.5 Å². The lowest BCUT2D eigenvalue weighted by molar-refractivity contribution is 0.0787. The Morgan fingerprint density at radius 2 is 1.90 bits per heavy atom. The molecular formula is C16H12ClFO2. The van der Waals surface area contributed by atoms with Crippen LogP contribution in [0.15, 0.2) is 52.9 Å². The summed E-state index contributed by atoms with van der Waals surface area (Å²) < 4.78 is 18.8. The minimum Gasteiger partial charge on any atom is -0.458 e. The summed E-state index contributed by atoms with van der Waals surface area (Å²) in [5, 5.41) is 11.8. The summed E-state index contributed by atoms with van der Waals surface area (Å²) in [7, 11) is 0. The monoisotopic (exact) mass is 290 g/mol. The fourth-order valence-electron chi connectivity index (χ4n) is 2.24. The van der Waals surface area contributed by atoms with E-state index in [2.05, 4.69) is 0 Å². The normalized spacial score (nSPS) is 14.4. The molecule has 1 unspecified atom stereocenters. The molecule has 0 aliphatic rings. The highest BCUT2D eigenvalue weighted by atomic mass is 35.5. The molecular weight excluding hydrogens is 279 g/mol. The number of halogens is 2. The van der Waals surface area contributed by atoms with Crippen molar-refractivity contribution in [3.05, 3.63) is 70.7 Å². The van der Waals surface area contributed by atoms with Crippen molar-refractivity contribution < 1.29 is 13.9 Å². The van der Waals surface area contributed by atoms with Gasteiger partial charge in [-0.25, -0.2) is 4.39 Å². The molecule has 1 atom stereocenters. The van der Waals surface area contributed by atoms with Gasteiger partial charge in [-0.2, -0.15) is 0 Å². The maximum Gasteiger partial charge on any atom is 0.146 e. The van der Waals surface area contributed by atoms with Crippen LogP contribution < -0.4 is 0 Å². The van der Waals surface area contributed by atoms with E-state index in [1.165, 1.54) is 18.2 Å². The molecule has 0 spiro atoms. The second kappa shape index (κ2) is 4.62. The van der Waals surface area contributed by atoms with Gasteiger partial charge in [0.25, 0.3) is 0 Å². The number of fused-ring (bicyclic) bond motifs is 1. The highest BCUT2D eigenvalue weighted by Crippen LogP contribution is 2.36. The van der Waals surface area contributed by atoms with E-state index in [4.69, 9.17) is 16.0 Å². The molecule has 2 nitrogen and oxygen atoms in total. The molecule has 0 saturated carbocycles. The maximum atomic E-state index is 13.2. The molecule has 4 heteroatoms. The van der Waals surface area contributed by atoms with Gasteiger partial charge in [0.1, 0.15) is 22.8 Å². The number of rotatable bonds is 2. The Labute approximate surface area is 120 Å². The number of hydrogen-bond donors (Lipinski definition) is 1. The molecule has 3 aromatic rings. The predicted molar refractivity (Wildman–Crippen MR) is 76.3 cm³/mol. The van der Waals surface area contributed by atoms with Gasteiger partial charge in [0.05, 0.1) is 0 Å². The molecule has 0 saturated heterocycles. The second-order valence-corrected chi connectivity index (χ2v) is 5.25. The van der Waals surface area contributed by atoms with Crippen LogP contribution in [0.5, 0.6) is 0 Å². The van der Waals surface area contributed by atoms with Crippen LogP contribution >= 0.6 is 11.6 Å². The zero-order chi connectivity index (χ0) is 14.3. The Hall–Kier alpha value is -1.84. The van der Waals surface area contributed by atoms with Crippen molar-refractivity contribution in [3.8, 4) is 0 Å². The van der Waals surface area contributed by atoms with Crippen LogP contribution in [0, 0.1) is 5.82 Å². The van der Waals surface area contributed by atoms with Gasteiger partial charge in [0.15, 0.2) is 0 Å². The molecule has 1 N–H and O–H groups in total. The molecule has 0 bridgehead atoms. The van der Waals surface area contributed by atoms with E-state index in [9.17, 15) is 9.50 Å². The van der Waals surface area contributed by atoms with Gasteiger partial charge < -0.3 is 9.52 Å². The lowest BCUT2D eigenvalue weighted by Gasteiger charge is -2.22. The van der Waals surface area contributed by atoms with Crippen molar-refractivity contribution in [1.82, 2.24) is 0 Å². The first-order valence-electron chi connectivity index (χ1n) is 6.15. The quantitative estimate of drug-likeness (QED) is 0.755. The summed E-state index contributed by atoms with van der Waals surface area (Å²) in [6.07, 6.45) is 0. The third-order valence-corrected chi connectivity index (χ3v) is 3.69. The molecule has 0 fully saturated rings. The Kier molecular flexibility index (Phi) is 3.04. The fourth-order valence-corrected chi connectivity index (χ4v) is 2.56. The lowest BCUT2D eigenvalue weighted by atomic mass is 9.93. The number of benzene rings is 2. The van der Waals surface area contributed by atoms with Crippen molar-refractivity contribution in [3.63, 3.8) is 0 Å². The summed E-state index contributed by atoms with van der Waals surface area (Å²) in [6, 6.07) is 12.9. The Balaban J connectivity index is 2.16. The van der Waals surface area contributed by atoms with E-state index in [1.54, 1.807) is 37.3 Å². The number of hydrogen-bond acceptors (Lipinski definition) is 2. The molecule has 3 rings (SSSR count). The van der Waals surface area contributed by atoms with Crippen LogP contribution in [0.4, 0.5) is 4.39 Å². The third-order valence-electron chi connectivity index (χ3n) is 3.36. The zero-order valence-electron chi connectivity index (χ0n) is 10.7. The molecule has 102 valence electrons. The smallest absolute Gasteiger partial charge is 0.146 e. The van der Waals surface area contributed by atoms with Gasteiger partial charge in [-0.1, -0.05) is 29.8 Å². The number of furan rings is 1. The summed E-state index contributed by atoms with van der Waals surface area (Å²) in [6.45, 7) is 1.60. The van der Waals surface area contributed by atoms with Gasteiger partial charge >= 0.3 is 0 Å². The van der Waals surface area contributed by atoms with Crippen LogP contribution in [0.2, 0.25) is 5.02 Å². The SMILES string of the molecule is CC(O)(c1cc2cc(F)ccc2o1)c1ccccc1Cl. The maximum absolute atomic E-state index is 13.2. The Morgan fingerprint density at radius 3 is 2.65 bits per heavy atom. The van der Waals surface area contributed by atoms with E-state index < -0.39 is 5.60 Å². The van der Waals surface area contributed by atoms with Crippen molar-refractivity contribution >= 4 is 22.6 Å². The summed E-state index contributed by atoms with van der Waals surface area (Å²) in [5.74, 6) is -0.0200. The molecule has 1 heterocycles. The number of aliphatic hydroxyl groups is 1. The van der Waals surface area contributed by atoms with Gasteiger partial charge in [0, 0.05) is 16.0 Å². The zero-order valence-corrected chi connectivity index (χ0v) is 11.5. The van der Waals surface area contributed by atoms with Crippen LogP contribution in [0.1, 0.15) is 18.2 Å². The van der Waals surface area contributed by atoms with E-state index in [1.807, 2.05) is 0 Å². The third kappa shape index (κ3) is 2.09. The molecule has 0 aliphatic heterocycles. The van der Waals surface area contributed by atoms with E-state index in [-0.39, 0.29) is 5.82 Å². The largest absolute Gasteiger partial charge is 0.458 e. The standard InChI is InChI=1S/C16H12ClFO2/c1-16(19,12-4-2-3-5-13(12)17)15-9-10-8-11(18)6-7-14(10)20-15/h2-9,19H,1H3. The van der Waals surface area contributed by atoms with Crippen LogP contribution in [-0.2, 0) is 5.60 Å². The average molecular weight is 291 g/mol. The summed E-state index contributed by atoms with van der Waals surface area (Å²) >= 11 is 6.12. The van der Waals surface area contributed by atoms with Gasteiger partial charge in [0.2, 0.25) is 0 Å². The Bertz CT molecular complexity index is 777. The van der Waals surface area contributed by atoms with E-state index in [0.717, 1.165) is 0 Å². The molecule has 1 aromatic heterocycles. The molecule has 2 aromatic carbocycles. The van der Waals surface area contributed by atoms with Crippen LogP contribution in [-0.4, -0.2) is 5.11 Å². The fraction of sp³-hybridized carbons (Fsp3) is 0.125.